The normalized spacial score (nSPS) is 12.9. The summed E-state index contributed by atoms with van der Waals surface area (Å²) in [5, 5.41) is 7.72. The fourth-order valence-corrected chi connectivity index (χ4v) is 2.22. The predicted octanol–water partition coefficient (Wildman–Crippen LogP) is 2.33. The molecule has 1 atom stereocenters. The molecule has 0 bridgehead atoms. The molecule has 1 unspecified atom stereocenters. The van der Waals surface area contributed by atoms with Crippen LogP contribution in [-0.2, 0) is 13.6 Å². The van der Waals surface area contributed by atoms with Gasteiger partial charge in [0.05, 0.1) is 6.04 Å². The van der Waals surface area contributed by atoms with E-state index in [1.165, 1.54) is 5.56 Å². The maximum atomic E-state index is 4.32. The molecule has 1 N–H and O–H groups in total. The van der Waals surface area contributed by atoms with Gasteiger partial charge in [0.25, 0.3) is 0 Å². The molecule has 2 aromatic heterocycles. The van der Waals surface area contributed by atoms with Gasteiger partial charge in [-0.05, 0) is 29.3 Å². The van der Waals surface area contributed by atoms with E-state index < -0.39 is 0 Å². The number of rotatable bonds is 4. The number of aryl methyl sites for hydroxylation is 1. The van der Waals surface area contributed by atoms with Gasteiger partial charge in [-0.25, -0.2) is 4.98 Å². The molecular weight excluding hydrogens is 206 g/mol. The molecule has 2 rings (SSSR count). The first-order valence-electron chi connectivity index (χ1n) is 4.99. The highest BCUT2D eigenvalue weighted by atomic mass is 32.1. The van der Waals surface area contributed by atoms with E-state index >= 15 is 0 Å². The Hall–Kier alpha value is -1.13. The lowest BCUT2D eigenvalue weighted by molar-refractivity contribution is 0.530. The van der Waals surface area contributed by atoms with Gasteiger partial charge in [-0.1, -0.05) is 0 Å². The summed E-state index contributed by atoms with van der Waals surface area (Å²) in [4.78, 5) is 4.32. The van der Waals surface area contributed by atoms with Gasteiger partial charge in [0.2, 0.25) is 0 Å². The van der Waals surface area contributed by atoms with Gasteiger partial charge in [-0.3, -0.25) is 0 Å². The Labute approximate surface area is 93.8 Å². The molecule has 0 radical (unpaired) electrons. The van der Waals surface area contributed by atoms with E-state index in [0.29, 0.717) is 0 Å². The second-order valence-corrected chi connectivity index (χ2v) is 4.41. The van der Waals surface area contributed by atoms with Gasteiger partial charge in [0.1, 0.15) is 5.82 Å². The van der Waals surface area contributed by atoms with Gasteiger partial charge in [0, 0.05) is 26.0 Å². The Balaban J connectivity index is 1.93. The Morgan fingerprint density at radius 1 is 1.60 bits per heavy atom. The topological polar surface area (TPSA) is 29.9 Å². The van der Waals surface area contributed by atoms with E-state index in [0.717, 1.165) is 12.4 Å². The maximum absolute atomic E-state index is 4.32. The van der Waals surface area contributed by atoms with Crippen molar-refractivity contribution < 1.29 is 0 Å². The summed E-state index contributed by atoms with van der Waals surface area (Å²) in [5.41, 5.74) is 1.33. The first-order valence-corrected chi connectivity index (χ1v) is 5.93. The lowest BCUT2D eigenvalue weighted by Crippen LogP contribution is -2.20. The first kappa shape index (κ1) is 10.4. The lowest BCUT2D eigenvalue weighted by Gasteiger charge is -2.12. The van der Waals surface area contributed by atoms with Crippen LogP contribution in [0.3, 0.4) is 0 Å². The maximum Gasteiger partial charge on any atom is 0.125 e. The van der Waals surface area contributed by atoms with Crippen molar-refractivity contribution in [2.45, 2.75) is 19.5 Å². The van der Waals surface area contributed by atoms with Crippen LogP contribution in [0.25, 0.3) is 0 Å². The van der Waals surface area contributed by atoms with Crippen molar-refractivity contribution in [2.75, 3.05) is 0 Å². The molecule has 0 aliphatic carbocycles. The number of nitrogens with one attached hydrogen (secondary N) is 1. The Bertz CT molecular complexity index is 405. The van der Waals surface area contributed by atoms with Crippen molar-refractivity contribution in [1.82, 2.24) is 14.9 Å². The molecule has 0 aromatic carbocycles. The molecular formula is C11H15N3S. The zero-order chi connectivity index (χ0) is 10.7. The number of thiophene rings is 1. The molecule has 2 aromatic rings. The molecule has 15 heavy (non-hydrogen) atoms. The first-order chi connectivity index (χ1) is 7.27. The summed E-state index contributed by atoms with van der Waals surface area (Å²) < 4.78 is 2.05. The van der Waals surface area contributed by atoms with E-state index in [4.69, 9.17) is 0 Å². The van der Waals surface area contributed by atoms with E-state index in [1.54, 1.807) is 11.3 Å². The van der Waals surface area contributed by atoms with E-state index in [9.17, 15) is 0 Å². The molecule has 80 valence electrons. The SMILES string of the molecule is CC(NCc1ccsc1)c1nccn1C. The molecule has 2 heterocycles. The summed E-state index contributed by atoms with van der Waals surface area (Å²) in [5.74, 6) is 1.07. The number of hydrogen-bond acceptors (Lipinski definition) is 3. The van der Waals surface area contributed by atoms with Crippen LogP contribution in [0.2, 0.25) is 0 Å². The van der Waals surface area contributed by atoms with Crippen molar-refractivity contribution in [3.8, 4) is 0 Å². The van der Waals surface area contributed by atoms with Crippen molar-refractivity contribution in [3.05, 3.63) is 40.6 Å². The quantitative estimate of drug-likeness (QED) is 0.858. The molecule has 0 spiro atoms. The number of aromatic nitrogens is 2. The lowest BCUT2D eigenvalue weighted by atomic mass is 10.3. The molecule has 4 heteroatoms. The van der Waals surface area contributed by atoms with Crippen LogP contribution in [-0.4, -0.2) is 9.55 Å². The van der Waals surface area contributed by atoms with Crippen molar-refractivity contribution in [2.24, 2.45) is 7.05 Å². The molecule has 0 saturated heterocycles. The second kappa shape index (κ2) is 4.59. The zero-order valence-corrected chi connectivity index (χ0v) is 9.79. The monoisotopic (exact) mass is 221 g/mol. The fraction of sp³-hybridized carbons (Fsp3) is 0.364. The average molecular weight is 221 g/mol. The van der Waals surface area contributed by atoms with Crippen LogP contribution in [0.4, 0.5) is 0 Å². The Morgan fingerprint density at radius 3 is 3.07 bits per heavy atom. The summed E-state index contributed by atoms with van der Waals surface area (Å²) in [6, 6.07) is 2.42. The number of hydrogen-bond donors (Lipinski definition) is 1. The molecule has 3 nitrogen and oxygen atoms in total. The van der Waals surface area contributed by atoms with Gasteiger partial charge < -0.3 is 9.88 Å². The highest BCUT2D eigenvalue weighted by molar-refractivity contribution is 7.07. The second-order valence-electron chi connectivity index (χ2n) is 3.63. The largest absolute Gasteiger partial charge is 0.337 e. The molecule has 0 saturated carbocycles. The minimum Gasteiger partial charge on any atom is -0.337 e. The van der Waals surface area contributed by atoms with Crippen molar-refractivity contribution >= 4 is 11.3 Å². The average Bonchev–Trinajstić information content (AvgIpc) is 2.84. The fourth-order valence-electron chi connectivity index (χ4n) is 1.55. The smallest absolute Gasteiger partial charge is 0.125 e. The van der Waals surface area contributed by atoms with E-state index in [1.807, 2.05) is 24.0 Å². The third-order valence-electron chi connectivity index (χ3n) is 2.44. The van der Waals surface area contributed by atoms with Crippen LogP contribution < -0.4 is 5.32 Å². The van der Waals surface area contributed by atoms with Crippen molar-refractivity contribution in [3.63, 3.8) is 0 Å². The minimum atomic E-state index is 0.282. The van der Waals surface area contributed by atoms with E-state index in [2.05, 4.69) is 34.1 Å². The standard InChI is InChI=1S/C11H15N3S/c1-9(11-12-4-5-14(11)2)13-7-10-3-6-15-8-10/h3-6,8-9,13H,7H2,1-2H3. The summed E-state index contributed by atoms with van der Waals surface area (Å²) in [6.45, 7) is 3.03. The third kappa shape index (κ3) is 2.46. The third-order valence-corrected chi connectivity index (χ3v) is 3.17. The van der Waals surface area contributed by atoms with Gasteiger partial charge >= 0.3 is 0 Å². The summed E-state index contributed by atoms with van der Waals surface area (Å²) >= 11 is 1.73. The van der Waals surface area contributed by atoms with Gasteiger partial charge in [-0.2, -0.15) is 11.3 Å². The van der Waals surface area contributed by atoms with Crippen LogP contribution in [0.5, 0.6) is 0 Å². The van der Waals surface area contributed by atoms with Crippen molar-refractivity contribution in [1.29, 1.82) is 0 Å². The summed E-state index contributed by atoms with van der Waals surface area (Å²) in [7, 11) is 2.02. The molecule has 0 aliphatic rings. The highest BCUT2D eigenvalue weighted by Crippen LogP contribution is 2.11. The molecule has 0 amide bonds. The number of imidazole rings is 1. The van der Waals surface area contributed by atoms with Crippen LogP contribution in [0.15, 0.2) is 29.2 Å². The van der Waals surface area contributed by atoms with Gasteiger partial charge in [-0.15, -0.1) is 0 Å². The molecule has 0 aliphatic heterocycles. The van der Waals surface area contributed by atoms with Gasteiger partial charge in [0.15, 0.2) is 0 Å². The predicted molar refractivity (Wildman–Crippen MR) is 62.8 cm³/mol. The Kier molecular flexibility index (Phi) is 3.18. The molecule has 0 fully saturated rings. The Morgan fingerprint density at radius 2 is 2.47 bits per heavy atom. The van der Waals surface area contributed by atoms with Crippen LogP contribution >= 0.6 is 11.3 Å². The van der Waals surface area contributed by atoms with Crippen LogP contribution in [0, 0.1) is 0 Å². The zero-order valence-electron chi connectivity index (χ0n) is 8.97. The summed E-state index contributed by atoms with van der Waals surface area (Å²) in [6.07, 6.45) is 3.80. The van der Waals surface area contributed by atoms with Crippen LogP contribution in [0.1, 0.15) is 24.4 Å². The number of nitrogens with zero attached hydrogens (tertiary/aromatic N) is 2. The minimum absolute atomic E-state index is 0.282. The highest BCUT2D eigenvalue weighted by Gasteiger charge is 2.08. The van der Waals surface area contributed by atoms with E-state index in [-0.39, 0.29) is 6.04 Å².